The molecule has 112 valence electrons. The topological polar surface area (TPSA) is 41.1 Å². The summed E-state index contributed by atoms with van der Waals surface area (Å²) in [6, 6.07) is 10.4. The summed E-state index contributed by atoms with van der Waals surface area (Å²) in [5, 5.41) is 8.45. The molecule has 0 saturated heterocycles. The van der Waals surface area contributed by atoms with Crippen molar-refractivity contribution in [2.24, 2.45) is 0 Å². The number of benzene rings is 1. The lowest BCUT2D eigenvalue weighted by atomic mass is 10.1. The first-order valence-corrected chi connectivity index (χ1v) is 8.62. The van der Waals surface area contributed by atoms with Crippen molar-refractivity contribution in [2.45, 2.75) is 32.9 Å². The Balaban J connectivity index is 1.90. The van der Waals surface area contributed by atoms with Crippen LogP contribution in [0, 0.1) is 0 Å². The molecular weight excluding hydrogens is 348 g/mol. The van der Waals surface area contributed by atoms with Gasteiger partial charge in [0.25, 0.3) is 0 Å². The van der Waals surface area contributed by atoms with Crippen molar-refractivity contribution in [3.05, 3.63) is 50.6 Å². The summed E-state index contributed by atoms with van der Waals surface area (Å²) in [6.07, 6.45) is 0.496. The first-order valence-electron chi connectivity index (χ1n) is 6.94. The Bertz CT molecular complexity index is 595. The van der Waals surface area contributed by atoms with Gasteiger partial charge < -0.3 is 10.6 Å². The molecule has 2 N–H and O–H groups in total. The van der Waals surface area contributed by atoms with Crippen LogP contribution in [0.5, 0.6) is 0 Å². The molecule has 1 heterocycles. The number of amides is 1. The molecule has 0 unspecified atom stereocenters. The third-order valence-corrected chi connectivity index (χ3v) is 4.92. The molecule has 0 aliphatic heterocycles. The lowest BCUT2D eigenvalue weighted by Crippen LogP contribution is -2.17. The highest BCUT2D eigenvalue weighted by Crippen LogP contribution is 2.21. The fraction of sp³-hybridized carbons (Fsp3) is 0.312. The first-order chi connectivity index (χ1) is 10.1. The first kappa shape index (κ1) is 16.2. The van der Waals surface area contributed by atoms with Gasteiger partial charge in [0.15, 0.2) is 0 Å². The summed E-state index contributed by atoms with van der Waals surface area (Å²) in [4.78, 5) is 12.6. The second-order valence-electron chi connectivity index (χ2n) is 4.86. The van der Waals surface area contributed by atoms with Gasteiger partial charge in [-0.2, -0.15) is 0 Å². The number of anilines is 1. The van der Waals surface area contributed by atoms with Crippen molar-refractivity contribution in [3.63, 3.8) is 0 Å². The molecule has 1 aromatic carbocycles. The largest absolute Gasteiger partial charge is 0.326 e. The van der Waals surface area contributed by atoms with E-state index in [9.17, 15) is 4.79 Å². The van der Waals surface area contributed by atoms with Crippen LogP contribution in [0.3, 0.4) is 0 Å². The van der Waals surface area contributed by atoms with E-state index in [2.05, 4.69) is 44.9 Å². The summed E-state index contributed by atoms with van der Waals surface area (Å²) in [5.74, 6) is 0.0391. The van der Waals surface area contributed by atoms with Gasteiger partial charge in [0, 0.05) is 39.4 Å². The minimum absolute atomic E-state index is 0.0391. The minimum Gasteiger partial charge on any atom is -0.326 e. The zero-order valence-electron chi connectivity index (χ0n) is 12.2. The third-order valence-electron chi connectivity index (χ3n) is 3.22. The third kappa shape index (κ3) is 4.95. The van der Waals surface area contributed by atoms with E-state index in [0.717, 1.165) is 16.7 Å². The zero-order valence-corrected chi connectivity index (χ0v) is 14.6. The summed E-state index contributed by atoms with van der Waals surface area (Å²) in [7, 11) is 0. The standard InChI is InChI=1S/C16H19BrN2OS/c1-3-16(20)19-14-6-4-12(5-7-14)11(2)18-9-15-8-13(17)10-21-15/h4-8,10-11,18H,3,9H2,1-2H3,(H,19,20)/t11-/m1/s1. The maximum absolute atomic E-state index is 11.3. The molecule has 0 fully saturated rings. The van der Waals surface area contributed by atoms with Crippen LogP contribution in [0.2, 0.25) is 0 Å². The molecule has 0 bridgehead atoms. The van der Waals surface area contributed by atoms with Gasteiger partial charge in [-0.1, -0.05) is 19.1 Å². The van der Waals surface area contributed by atoms with Crippen molar-refractivity contribution < 1.29 is 4.79 Å². The molecule has 2 rings (SSSR count). The van der Waals surface area contributed by atoms with Crippen molar-refractivity contribution in [1.82, 2.24) is 5.32 Å². The van der Waals surface area contributed by atoms with E-state index in [1.54, 1.807) is 11.3 Å². The zero-order chi connectivity index (χ0) is 15.2. The number of rotatable bonds is 6. The van der Waals surface area contributed by atoms with Crippen molar-refractivity contribution in [3.8, 4) is 0 Å². The van der Waals surface area contributed by atoms with E-state index in [1.165, 1.54) is 10.4 Å². The summed E-state index contributed by atoms with van der Waals surface area (Å²) >= 11 is 5.21. The highest BCUT2D eigenvalue weighted by molar-refractivity contribution is 9.10. The molecule has 0 aliphatic rings. The average Bonchev–Trinajstić information content (AvgIpc) is 2.91. The Hall–Kier alpha value is -1.17. The predicted octanol–water partition coefficient (Wildman–Crippen LogP) is 4.71. The molecule has 0 spiro atoms. The molecule has 1 atom stereocenters. The number of hydrogen-bond donors (Lipinski definition) is 2. The number of nitrogens with one attached hydrogen (secondary N) is 2. The molecule has 5 heteroatoms. The Kier molecular flexibility index (Phi) is 5.96. The monoisotopic (exact) mass is 366 g/mol. The molecule has 2 aromatic rings. The van der Waals surface area contributed by atoms with Gasteiger partial charge in [-0.3, -0.25) is 4.79 Å². The van der Waals surface area contributed by atoms with Crippen LogP contribution in [-0.2, 0) is 11.3 Å². The molecule has 0 aliphatic carbocycles. The van der Waals surface area contributed by atoms with E-state index in [0.29, 0.717) is 6.42 Å². The normalized spacial score (nSPS) is 12.1. The highest BCUT2D eigenvalue weighted by Gasteiger charge is 2.06. The Morgan fingerprint density at radius 1 is 1.33 bits per heavy atom. The van der Waals surface area contributed by atoms with Crippen LogP contribution >= 0.6 is 27.3 Å². The van der Waals surface area contributed by atoms with Gasteiger partial charge in [-0.15, -0.1) is 11.3 Å². The Morgan fingerprint density at radius 3 is 2.62 bits per heavy atom. The van der Waals surface area contributed by atoms with Crippen LogP contribution in [0.15, 0.2) is 40.2 Å². The van der Waals surface area contributed by atoms with E-state index in [1.807, 2.05) is 31.2 Å². The van der Waals surface area contributed by atoms with Crippen LogP contribution < -0.4 is 10.6 Å². The predicted molar refractivity (Wildman–Crippen MR) is 92.6 cm³/mol. The number of thiophene rings is 1. The Labute approximate surface area is 137 Å². The highest BCUT2D eigenvalue weighted by atomic mass is 79.9. The van der Waals surface area contributed by atoms with Crippen molar-refractivity contribution in [1.29, 1.82) is 0 Å². The lowest BCUT2D eigenvalue weighted by molar-refractivity contribution is -0.115. The number of hydrogen-bond acceptors (Lipinski definition) is 3. The van der Waals surface area contributed by atoms with Gasteiger partial charge in [-0.25, -0.2) is 0 Å². The van der Waals surface area contributed by atoms with Gasteiger partial charge in [0.05, 0.1) is 0 Å². The van der Waals surface area contributed by atoms with Gasteiger partial charge in [0.2, 0.25) is 5.91 Å². The number of halogens is 1. The molecule has 0 radical (unpaired) electrons. The van der Waals surface area contributed by atoms with Crippen LogP contribution in [-0.4, -0.2) is 5.91 Å². The molecule has 21 heavy (non-hydrogen) atoms. The SMILES string of the molecule is CCC(=O)Nc1ccc([C@@H](C)NCc2cc(Br)cs2)cc1. The van der Waals surface area contributed by atoms with Gasteiger partial charge in [-0.05, 0) is 46.6 Å². The summed E-state index contributed by atoms with van der Waals surface area (Å²) in [6.45, 7) is 4.84. The lowest BCUT2D eigenvalue weighted by Gasteiger charge is -2.14. The molecule has 1 amide bonds. The van der Waals surface area contributed by atoms with E-state index >= 15 is 0 Å². The molecule has 3 nitrogen and oxygen atoms in total. The number of carbonyl (C=O) groups excluding carboxylic acids is 1. The summed E-state index contributed by atoms with van der Waals surface area (Å²) < 4.78 is 1.13. The van der Waals surface area contributed by atoms with Crippen LogP contribution in [0.25, 0.3) is 0 Å². The summed E-state index contributed by atoms with van der Waals surface area (Å²) in [5.41, 5.74) is 2.06. The maximum Gasteiger partial charge on any atom is 0.224 e. The smallest absolute Gasteiger partial charge is 0.224 e. The Morgan fingerprint density at radius 2 is 2.05 bits per heavy atom. The molecular formula is C16H19BrN2OS. The quantitative estimate of drug-likeness (QED) is 0.776. The van der Waals surface area contributed by atoms with Crippen LogP contribution in [0.1, 0.15) is 36.8 Å². The molecule has 1 aromatic heterocycles. The van der Waals surface area contributed by atoms with Gasteiger partial charge in [0.1, 0.15) is 0 Å². The van der Waals surface area contributed by atoms with E-state index in [4.69, 9.17) is 0 Å². The van der Waals surface area contributed by atoms with Gasteiger partial charge >= 0.3 is 0 Å². The number of carbonyl (C=O) groups is 1. The minimum atomic E-state index is 0.0391. The fourth-order valence-corrected chi connectivity index (χ4v) is 3.32. The average molecular weight is 367 g/mol. The maximum atomic E-state index is 11.3. The second kappa shape index (κ2) is 7.73. The molecule has 0 saturated carbocycles. The fourth-order valence-electron chi connectivity index (χ4n) is 1.92. The van der Waals surface area contributed by atoms with E-state index < -0.39 is 0 Å². The van der Waals surface area contributed by atoms with Crippen molar-refractivity contribution >= 4 is 38.9 Å². The van der Waals surface area contributed by atoms with Crippen molar-refractivity contribution in [2.75, 3.05) is 5.32 Å². The van der Waals surface area contributed by atoms with Crippen LogP contribution in [0.4, 0.5) is 5.69 Å². The van der Waals surface area contributed by atoms with E-state index in [-0.39, 0.29) is 11.9 Å². The second-order valence-corrected chi connectivity index (χ2v) is 6.77.